The average molecular weight is 478 g/mol. The molecule has 0 aliphatic carbocycles. The molecule has 7 heteroatoms. The van der Waals surface area contributed by atoms with Crippen LogP contribution >= 0.6 is 24.0 Å². The molecule has 0 atom stereocenters. The minimum atomic E-state index is -0.277. The predicted octanol–water partition coefficient (Wildman–Crippen LogP) is 3.14. The Morgan fingerprint density at radius 1 is 1.27 bits per heavy atom. The number of aliphatic imine (C=N–C) groups is 1. The highest BCUT2D eigenvalue weighted by Gasteiger charge is 2.21. The van der Waals surface area contributed by atoms with Gasteiger partial charge in [-0.05, 0) is 24.1 Å². The second-order valence-corrected chi connectivity index (χ2v) is 6.98. The summed E-state index contributed by atoms with van der Waals surface area (Å²) >= 11 is 0. The summed E-state index contributed by atoms with van der Waals surface area (Å²) < 4.78 is 13.5. The van der Waals surface area contributed by atoms with E-state index in [1.807, 2.05) is 19.9 Å². The molecule has 0 spiro atoms. The van der Waals surface area contributed by atoms with Gasteiger partial charge in [-0.15, -0.1) is 24.0 Å². The SMILES string of the molecule is CCCCNC(=NCC(=O)N(C)C)NCC(C)(C)c1cccc(F)c1.I. The summed E-state index contributed by atoms with van der Waals surface area (Å²) in [5, 5.41) is 6.52. The van der Waals surface area contributed by atoms with Crippen molar-refractivity contribution in [2.24, 2.45) is 4.99 Å². The Morgan fingerprint density at radius 3 is 2.54 bits per heavy atom. The predicted molar refractivity (Wildman–Crippen MR) is 117 cm³/mol. The largest absolute Gasteiger partial charge is 0.356 e. The quantitative estimate of drug-likeness (QED) is 0.261. The molecule has 0 aromatic heterocycles. The lowest BCUT2D eigenvalue weighted by Crippen LogP contribution is -2.44. The third-order valence-corrected chi connectivity index (χ3v) is 4.00. The minimum absolute atomic E-state index is 0. The van der Waals surface area contributed by atoms with E-state index in [1.54, 1.807) is 26.2 Å². The molecular weight excluding hydrogens is 446 g/mol. The molecule has 0 heterocycles. The molecule has 0 bridgehead atoms. The van der Waals surface area contributed by atoms with E-state index in [-0.39, 0.29) is 47.7 Å². The molecule has 0 aliphatic heterocycles. The topological polar surface area (TPSA) is 56.7 Å². The zero-order valence-electron chi connectivity index (χ0n) is 16.4. The van der Waals surface area contributed by atoms with Crippen molar-refractivity contribution in [3.8, 4) is 0 Å². The number of unbranched alkanes of at least 4 members (excludes halogenated alkanes) is 1. The molecule has 0 saturated heterocycles. The molecule has 0 aliphatic rings. The minimum Gasteiger partial charge on any atom is -0.356 e. The molecule has 148 valence electrons. The summed E-state index contributed by atoms with van der Waals surface area (Å²) in [4.78, 5) is 17.6. The first-order chi connectivity index (χ1) is 11.8. The second-order valence-electron chi connectivity index (χ2n) is 6.98. The lowest BCUT2D eigenvalue weighted by molar-refractivity contribution is -0.127. The molecule has 0 radical (unpaired) electrons. The Bertz CT molecular complexity index is 591. The molecule has 0 fully saturated rings. The van der Waals surface area contributed by atoms with Crippen molar-refractivity contribution >= 4 is 35.8 Å². The van der Waals surface area contributed by atoms with Crippen LogP contribution in [0.5, 0.6) is 0 Å². The van der Waals surface area contributed by atoms with Crippen LogP contribution in [0.25, 0.3) is 0 Å². The number of guanidine groups is 1. The van der Waals surface area contributed by atoms with Crippen molar-refractivity contribution < 1.29 is 9.18 Å². The van der Waals surface area contributed by atoms with Crippen LogP contribution in [0.3, 0.4) is 0 Å². The second kappa shape index (κ2) is 12.1. The van der Waals surface area contributed by atoms with E-state index < -0.39 is 0 Å². The smallest absolute Gasteiger partial charge is 0.243 e. The van der Waals surface area contributed by atoms with Gasteiger partial charge in [-0.3, -0.25) is 4.79 Å². The average Bonchev–Trinajstić information content (AvgIpc) is 2.56. The molecule has 1 rings (SSSR count). The highest BCUT2D eigenvalue weighted by atomic mass is 127. The fraction of sp³-hybridized carbons (Fsp3) is 0.579. The number of nitrogens with one attached hydrogen (secondary N) is 2. The van der Waals surface area contributed by atoms with Crippen molar-refractivity contribution in [3.63, 3.8) is 0 Å². The first-order valence-electron chi connectivity index (χ1n) is 8.74. The van der Waals surface area contributed by atoms with E-state index in [0.29, 0.717) is 12.5 Å². The van der Waals surface area contributed by atoms with Gasteiger partial charge in [-0.2, -0.15) is 0 Å². The fourth-order valence-corrected chi connectivity index (χ4v) is 2.16. The number of carbonyl (C=O) groups excluding carboxylic acids is 1. The van der Waals surface area contributed by atoms with E-state index in [4.69, 9.17) is 0 Å². The summed E-state index contributed by atoms with van der Waals surface area (Å²) in [7, 11) is 3.42. The van der Waals surface area contributed by atoms with Crippen LogP contribution in [-0.2, 0) is 10.2 Å². The van der Waals surface area contributed by atoms with Crippen LogP contribution in [-0.4, -0.2) is 50.5 Å². The van der Waals surface area contributed by atoms with Crippen molar-refractivity contribution in [1.29, 1.82) is 0 Å². The third-order valence-electron chi connectivity index (χ3n) is 4.00. The maximum atomic E-state index is 13.5. The van der Waals surface area contributed by atoms with Gasteiger partial charge in [0.1, 0.15) is 12.4 Å². The van der Waals surface area contributed by atoms with Crippen molar-refractivity contribution in [2.75, 3.05) is 33.7 Å². The van der Waals surface area contributed by atoms with Gasteiger partial charge < -0.3 is 15.5 Å². The molecule has 1 amide bonds. The molecule has 1 aromatic carbocycles. The van der Waals surface area contributed by atoms with Crippen molar-refractivity contribution in [1.82, 2.24) is 15.5 Å². The zero-order chi connectivity index (χ0) is 18.9. The molecule has 2 N–H and O–H groups in total. The fourth-order valence-electron chi connectivity index (χ4n) is 2.16. The van der Waals surface area contributed by atoms with Crippen LogP contribution < -0.4 is 10.6 Å². The van der Waals surface area contributed by atoms with E-state index in [1.165, 1.54) is 11.0 Å². The van der Waals surface area contributed by atoms with Crippen LogP contribution in [0.2, 0.25) is 0 Å². The lowest BCUT2D eigenvalue weighted by Gasteiger charge is -2.27. The van der Waals surface area contributed by atoms with E-state index >= 15 is 0 Å². The van der Waals surface area contributed by atoms with Crippen molar-refractivity contribution in [3.05, 3.63) is 35.6 Å². The number of halogens is 2. The van der Waals surface area contributed by atoms with Gasteiger partial charge in [-0.25, -0.2) is 9.38 Å². The Hall–Kier alpha value is -1.38. The number of amides is 1. The lowest BCUT2D eigenvalue weighted by atomic mass is 9.84. The van der Waals surface area contributed by atoms with E-state index in [9.17, 15) is 9.18 Å². The van der Waals surface area contributed by atoms with Gasteiger partial charge in [0.25, 0.3) is 0 Å². The molecule has 0 unspecified atom stereocenters. The normalized spacial score (nSPS) is 11.5. The Labute approximate surface area is 173 Å². The maximum absolute atomic E-state index is 13.5. The highest BCUT2D eigenvalue weighted by Crippen LogP contribution is 2.22. The zero-order valence-corrected chi connectivity index (χ0v) is 18.8. The van der Waals surface area contributed by atoms with E-state index in [2.05, 4.69) is 22.5 Å². The molecule has 1 aromatic rings. The highest BCUT2D eigenvalue weighted by molar-refractivity contribution is 14.0. The van der Waals surface area contributed by atoms with Crippen LogP contribution in [0.1, 0.15) is 39.2 Å². The first kappa shape index (κ1) is 24.6. The van der Waals surface area contributed by atoms with Gasteiger partial charge in [0.2, 0.25) is 5.91 Å². The summed E-state index contributed by atoms with van der Waals surface area (Å²) in [6, 6.07) is 6.63. The van der Waals surface area contributed by atoms with Gasteiger partial charge in [-0.1, -0.05) is 39.3 Å². The molecule has 26 heavy (non-hydrogen) atoms. The van der Waals surface area contributed by atoms with Gasteiger partial charge in [0.05, 0.1) is 0 Å². The number of likely N-dealkylation sites (N-methyl/N-ethyl adjacent to an activating group) is 1. The molecular formula is C19H32FIN4O. The summed E-state index contributed by atoms with van der Waals surface area (Å²) in [5.41, 5.74) is 0.637. The number of nitrogens with zero attached hydrogens (tertiary/aromatic N) is 2. The summed E-state index contributed by atoms with van der Waals surface area (Å²) in [6.45, 7) is 7.67. The van der Waals surface area contributed by atoms with Gasteiger partial charge in [0.15, 0.2) is 5.96 Å². The van der Waals surface area contributed by atoms with E-state index in [0.717, 1.165) is 24.9 Å². The first-order valence-corrected chi connectivity index (χ1v) is 8.74. The van der Waals surface area contributed by atoms with Crippen LogP contribution in [0.15, 0.2) is 29.3 Å². The third kappa shape index (κ3) is 8.82. The van der Waals surface area contributed by atoms with Crippen LogP contribution in [0, 0.1) is 5.82 Å². The molecule has 0 saturated carbocycles. The summed E-state index contributed by atoms with van der Waals surface area (Å²) in [5.74, 6) is 0.311. The maximum Gasteiger partial charge on any atom is 0.243 e. The number of benzene rings is 1. The summed E-state index contributed by atoms with van der Waals surface area (Å²) in [6.07, 6.45) is 2.10. The molecule has 5 nitrogen and oxygen atoms in total. The Balaban J connectivity index is 0.00000625. The van der Waals surface area contributed by atoms with Crippen LogP contribution in [0.4, 0.5) is 4.39 Å². The Kier molecular flexibility index (Phi) is 11.4. The number of carbonyl (C=O) groups is 1. The van der Waals surface area contributed by atoms with Gasteiger partial charge >= 0.3 is 0 Å². The van der Waals surface area contributed by atoms with Gasteiger partial charge in [0, 0.05) is 32.6 Å². The number of rotatable bonds is 8. The monoisotopic (exact) mass is 478 g/mol. The Morgan fingerprint density at radius 2 is 1.96 bits per heavy atom. The number of hydrogen-bond acceptors (Lipinski definition) is 2. The number of hydrogen-bond donors (Lipinski definition) is 2. The standard InChI is InChI=1S/C19H31FN4O.HI/c1-6-7-11-21-18(22-13-17(25)24(4)5)23-14-19(2,3)15-9-8-10-16(20)12-15;/h8-10,12H,6-7,11,13-14H2,1-5H3,(H2,21,22,23);1H. The van der Waals surface area contributed by atoms with Crippen molar-refractivity contribution in [2.45, 2.75) is 39.0 Å².